The maximum Gasteiger partial charge on any atom is 0.410 e. The van der Waals surface area contributed by atoms with E-state index in [1.807, 2.05) is 20.8 Å². The van der Waals surface area contributed by atoms with Crippen LogP contribution in [0, 0.1) is 12.3 Å². The molecule has 1 N–H and O–H groups in total. The minimum absolute atomic E-state index is 0.144. The molecule has 0 unspecified atom stereocenters. The van der Waals surface area contributed by atoms with Gasteiger partial charge < -0.3 is 19.7 Å². The van der Waals surface area contributed by atoms with E-state index in [2.05, 4.69) is 11.2 Å². The van der Waals surface area contributed by atoms with E-state index in [1.54, 1.807) is 25.7 Å². The number of likely N-dealkylation sites (tertiary alicyclic amines) is 1. The molecule has 0 aliphatic carbocycles. The van der Waals surface area contributed by atoms with Crippen molar-refractivity contribution in [2.45, 2.75) is 77.7 Å². The molecule has 130 valence electrons. The predicted molar refractivity (Wildman–Crippen MR) is 88.0 cm³/mol. The van der Waals surface area contributed by atoms with E-state index < -0.39 is 23.4 Å². The number of rotatable bonds is 2. The second-order valence-electron chi connectivity index (χ2n) is 7.77. The van der Waals surface area contributed by atoms with E-state index in [-0.39, 0.29) is 12.1 Å². The van der Waals surface area contributed by atoms with Gasteiger partial charge in [0.15, 0.2) is 0 Å². The lowest BCUT2D eigenvalue weighted by molar-refractivity contribution is 0.0221. The Morgan fingerprint density at radius 1 is 1.17 bits per heavy atom. The van der Waals surface area contributed by atoms with Gasteiger partial charge >= 0.3 is 12.2 Å². The number of alkyl carbamates (subject to hydrolysis) is 1. The molecule has 23 heavy (non-hydrogen) atoms. The Kier molecular flexibility index (Phi) is 5.92. The van der Waals surface area contributed by atoms with Crippen molar-refractivity contribution in [1.82, 2.24) is 10.2 Å². The van der Waals surface area contributed by atoms with Crippen LogP contribution in [0.4, 0.5) is 9.59 Å². The summed E-state index contributed by atoms with van der Waals surface area (Å²) >= 11 is 0. The molecular weight excluding hydrogens is 296 g/mol. The third kappa shape index (κ3) is 6.81. The van der Waals surface area contributed by atoms with E-state index >= 15 is 0 Å². The summed E-state index contributed by atoms with van der Waals surface area (Å²) in [5.74, 6) is 2.58. The van der Waals surface area contributed by atoms with Crippen LogP contribution in [0.2, 0.25) is 0 Å². The first-order chi connectivity index (χ1) is 10.4. The molecular formula is C17H28N2O4. The number of nitrogens with one attached hydrogen (secondary N) is 1. The van der Waals surface area contributed by atoms with Crippen LogP contribution in [0.3, 0.4) is 0 Å². The second-order valence-corrected chi connectivity index (χ2v) is 7.77. The number of hydrogen-bond donors (Lipinski definition) is 1. The molecule has 0 radical (unpaired) electrons. The molecule has 1 fully saturated rings. The third-order valence-electron chi connectivity index (χ3n) is 3.12. The van der Waals surface area contributed by atoms with E-state index in [4.69, 9.17) is 15.9 Å². The SMILES string of the molecule is C#CC[C@@H]1C[C@H](NC(=O)OC(C)(C)C)CN1C(=O)OC(C)(C)C. The zero-order valence-corrected chi connectivity index (χ0v) is 14.9. The average Bonchev–Trinajstić information content (AvgIpc) is 2.67. The van der Waals surface area contributed by atoms with Gasteiger partial charge in [-0.25, -0.2) is 9.59 Å². The molecule has 0 aromatic rings. The molecule has 0 bridgehead atoms. The summed E-state index contributed by atoms with van der Waals surface area (Å²) in [5, 5.41) is 2.79. The molecule has 1 saturated heterocycles. The number of ether oxygens (including phenoxy) is 2. The van der Waals surface area contributed by atoms with Crippen molar-refractivity contribution in [2.75, 3.05) is 6.54 Å². The standard InChI is InChI=1S/C17H28N2O4/c1-8-9-13-10-12(18-14(20)22-16(2,3)4)11-19(13)15(21)23-17(5,6)7/h1,12-13H,9-11H2,2-7H3,(H,18,20)/t12-,13+/m0/s1. The minimum Gasteiger partial charge on any atom is -0.444 e. The van der Waals surface area contributed by atoms with E-state index in [0.717, 1.165) is 0 Å². The summed E-state index contributed by atoms with van der Waals surface area (Å²) in [6, 6.07) is -0.342. The van der Waals surface area contributed by atoms with Crippen LogP contribution in [0.15, 0.2) is 0 Å². The van der Waals surface area contributed by atoms with Gasteiger partial charge in [0.1, 0.15) is 11.2 Å². The van der Waals surface area contributed by atoms with Crippen LogP contribution in [-0.2, 0) is 9.47 Å². The van der Waals surface area contributed by atoms with Gasteiger partial charge in [-0.05, 0) is 48.0 Å². The van der Waals surface area contributed by atoms with Gasteiger partial charge in [0.05, 0.1) is 6.04 Å². The molecule has 0 aromatic carbocycles. The fraction of sp³-hybridized carbons (Fsp3) is 0.765. The van der Waals surface area contributed by atoms with Crippen molar-refractivity contribution < 1.29 is 19.1 Å². The molecule has 0 saturated carbocycles. The summed E-state index contributed by atoms with van der Waals surface area (Å²) < 4.78 is 10.7. The lowest BCUT2D eigenvalue weighted by Crippen LogP contribution is -2.43. The summed E-state index contributed by atoms with van der Waals surface area (Å²) in [6.45, 7) is 11.2. The lowest BCUT2D eigenvalue weighted by Gasteiger charge is -2.27. The molecule has 0 spiro atoms. The van der Waals surface area contributed by atoms with E-state index in [1.165, 1.54) is 0 Å². The fourth-order valence-corrected chi connectivity index (χ4v) is 2.37. The number of carbonyl (C=O) groups is 2. The normalized spacial score (nSPS) is 21.5. The topological polar surface area (TPSA) is 67.9 Å². The highest BCUT2D eigenvalue weighted by atomic mass is 16.6. The lowest BCUT2D eigenvalue weighted by atomic mass is 10.1. The summed E-state index contributed by atoms with van der Waals surface area (Å²) in [5.41, 5.74) is -1.14. The van der Waals surface area contributed by atoms with Gasteiger partial charge in [-0.15, -0.1) is 12.3 Å². The molecule has 2 atom stereocenters. The van der Waals surface area contributed by atoms with Crippen molar-refractivity contribution in [3.8, 4) is 12.3 Å². The van der Waals surface area contributed by atoms with Crippen LogP contribution < -0.4 is 5.32 Å². The van der Waals surface area contributed by atoms with E-state index in [9.17, 15) is 9.59 Å². The van der Waals surface area contributed by atoms with Crippen molar-refractivity contribution in [3.05, 3.63) is 0 Å². The zero-order valence-electron chi connectivity index (χ0n) is 14.9. The quantitative estimate of drug-likeness (QED) is 0.793. The van der Waals surface area contributed by atoms with Crippen LogP contribution in [-0.4, -0.2) is 46.9 Å². The van der Waals surface area contributed by atoms with Gasteiger partial charge in [0.25, 0.3) is 0 Å². The Morgan fingerprint density at radius 3 is 2.22 bits per heavy atom. The Hall–Kier alpha value is -1.90. The maximum absolute atomic E-state index is 12.3. The summed E-state index contributed by atoms with van der Waals surface area (Å²) in [6.07, 6.45) is 5.49. The first-order valence-corrected chi connectivity index (χ1v) is 7.84. The molecule has 1 aliphatic rings. The number of carbonyl (C=O) groups excluding carboxylic acids is 2. The number of amides is 2. The number of nitrogens with zero attached hydrogens (tertiary/aromatic N) is 1. The van der Waals surface area contributed by atoms with Crippen LogP contribution in [0.5, 0.6) is 0 Å². The Bertz CT molecular complexity index is 482. The van der Waals surface area contributed by atoms with Crippen molar-refractivity contribution in [3.63, 3.8) is 0 Å². The summed E-state index contributed by atoms with van der Waals surface area (Å²) in [7, 11) is 0. The predicted octanol–water partition coefficient (Wildman–Crippen LogP) is 2.91. The van der Waals surface area contributed by atoms with Gasteiger partial charge in [-0.1, -0.05) is 0 Å². The second kappa shape index (κ2) is 7.12. The minimum atomic E-state index is -0.575. The first-order valence-electron chi connectivity index (χ1n) is 7.84. The monoisotopic (exact) mass is 324 g/mol. The zero-order chi connectivity index (χ0) is 17.8. The van der Waals surface area contributed by atoms with Gasteiger partial charge in [0, 0.05) is 19.0 Å². The third-order valence-corrected chi connectivity index (χ3v) is 3.12. The number of terminal acetylenes is 1. The molecule has 1 rings (SSSR count). The highest BCUT2D eigenvalue weighted by Crippen LogP contribution is 2.23. The summed E-state index contributed by atoms with van der Waals surface area (Å²) in [4.78, 5) is 25.8. The number of hydrogen-bond acceptors (Lipinski definition) is 4. The van der Waals surface area contributed by atoms with Gasteiger partial charge in [-0.3, -0.25) is 0 Å². The van der Waals surface area contributed by atoms with Gasteiger partial charge in [-0.2, -0.15) is 0 Å². The molecule has 1 aliphatic heterocycles. The van der Waals surface area contributed by atoms with Crippen LogP contribution >= 0.6 is 0 Å². The largest absolute Gasteiger partial charge is 0.444 e. The molecule has 1 heterocycles. The Labute approximate surface area is 138 Å². The van der Waals surface area contributed by atoms with Gasteiger partial charge in [0.2, 0.25) is 0 Å². The average molecular weight is 324 g/mol. The molecule has 6 heteroatoms. The van der Waals surface area contributed by atoms with Crippen molar-refractivity contribution in [2.24, 2.45) is 0 Å². The van der Waals surface area contributed by atoms with Crippen LogP contribution in [0.25, 0.3) is 0 Å². The smallest absolute Gasteiger partial charge is 0.410 e. The van der Waals surface area contributed by atoms with E-state index in [0.29, 0.717) is 19.4 Å². The van der Waals surface area contributed by atoms with Crippen molar-refractivity contribution in [1.29, 1.82) is 0 Å². The first kappa shape index (κ1) is 19.1. The van der Waals surface area contributed by atoms with Crippen molar-refractivity contribution >= 4 is 12.2 Å². The fourth-order valence-electron chi connectivity index (χ4n) is 2.37. The molecule has 0 aromatic heterocycles. The highest BCUT2D eigenvalue weighted by molar-refractivity contribution is 5.71. The molecule has 2 amide bonds. The highest BCUT2D eigenvalue weighted by Gasteiger charge is 2.38. The Balaban J connectivity index is 2.69. The Morgan fingerprint density at radius 2 is 1.74 bits per heavy atom. The maximum atomic E-state index is 12.3. The van der Waals surface area contributed by atoms with Crippen LogP contribution in [0.1, 0.15) is 54.4 Å². The molecule has 6 nitrogen and oxygen atoms in total.